The number of carbonyl (C=O) groups is 2. The van der Waals surface area contributed by atoms with E-state index < -0.39 is 0 Å². The van der Waals surface area contributed by atoms with Gasteiger partial charge in [-0.2, -0.15) is 0 Å². The average Bonchev–Trinajstić information content (AvgIpc) is 2.46. The molecular formula is C17H17ClN2O3. The summed E-state index contributed by atoms with van der Waals surface area (Å²) < 4.78 is 4.76. The number of ether oxygens (including phenoxy) is 1. The Morgan fingerprint density at radius 2 is 1.78 bits per heavy atom. The van der Waals surface area contributed by atoms with E-state index in [0.29, 0.717) is 22.0 Å². The highest BCUT2D eigenvalue weighted by molar-refractivity contribution is 6.31. The van der Waals surface area contributed by atoms with Crippen LogP contribution in [0.4, 0.5) is 11.4 Å². The van der Waals surface area contributed by atoms with Gasteiger partial charge in [-0.1, -0.05) is 17.7 Å². The van der Waals surface area contributed by atoms with Crippen molar-refractivity contribution in [3.8, 4) is 0 Å². The lowest BCUT2D eigenvalue weighted by atomic mass is 10.1. The Hall–Kier alpha value is -2.37. The highest BCUT2D eigenvalue weighted by Crippen LogP contribution is 2.18. The van der Waals surface area contributed by atoms with Crippen molar-refractivity contribution in [1.82, 2.24) is 0 Å². The summed E-state index contributed by atoms with van der Waals surface area (Å²) in [6.45, 7) is 1.84. The van der Waals surface area contributed by atoms with Gasteiger partial charge < -0.3 is 15.4 Å². The molecule has 2 amide bonds. The molecule has 0 aliphatic heterocycles. The van der Waals surface area contributed by atoms with Gasteiger partial charge in [0, 0.05) is 29.1 Å². The molecule has 0 atom stereocenters. The maximum absolute atomic E-state index is 12.3. The Balaban J connectivity index is 2.10. The van der Waals surface area contributed by atoms with Crippen LogP contribution in [0.3, 0.4) is 0 Å². The first-order valence-corrected chi connectivity index (χ1v) is 7.33. The molecule has 0 aliphatic rings. The molecule has 0 unspecified atom stereocenters. The summed E-state index contributed by atoms with van der Waals surface area (Å²) in [5, 5.41) is 5.97. The number of hydrogen-bond acceptors (Lipinski definition) is 3. The Morgan fingerprint density at radius 3 is 2.43 bits per heavy atom. The van der Waals surface area contributed by atoms with Gasteiger partial charge in [0.1, 0.15) is 6.61 Å². The summed E-state index contributed by atoms with van der Waals surface area (Å²) in [6.07, 6.45) is 0. The molecule has 2 rings (SSSR count). The van der Waals surface area contributed by atoms with Gasteiger partial charge in [-0.3, -0.25) is 9.59 Å². The van der Waals surface area contributed by atoms with E-state index in [1.807, 2.05) is 6.92 Å². The summed E-state index contributed by atoms with van der Waals surface area (Å²) in [5.41, 5.74) is 2.53. The maximum Gasteiger partial charge on any atom is 0.255 e. The number of amides is 2. The molecule has 120 valence electrons. The number of aryl methyl sites for hydroxylation is 1. The van der Waals surface area contributed by atoms with Crippen LogP contribution in [-0.4, -0.2) is 25.5 Å². The molecule has 0 spiro atoms. The first-order valence-electron chi connectivity index (χ1n) is 6.95. The smallest absolute Gasteiger partial charge is 0.255 e. The minimum Gasteiger partial charge on any atom is -0.375 e. The Labute approximate surface area is 139 Å². The van der Waals surface area contributed by atoms with Crippen molar-refractivity contribution in [1.29, 1.82) is 0 Å². The molecule has 0 aromatic heterocycles. The van der Waals surface area contributed by atoms with Crippen LogP contribution >= 0.6 is 11.6 Å². The molecule has 0 fully saturated rings. The molecule has 23 heavy (non-hydrogen) atoms. The van der Waals surface area contributed by atoms with E-state index >= 15 is 0 Å². The number of nitrogens with one attached hydrogen (secondary N) is 2. The van der Waals surface area contributed by atoms with Crippen LogP contribution < -0.4 is 10.6 Å². The second-order valence-electron chi connectivity index (χ2n) is 5.03. The van der Waals surface area contributed by atoms with Crippen LogP contribution in [-0.2, 0) is 9.53 Å². The zero-order valence-corrected chi connectivity index (χ0v) is 13.6. The van der Waals surface area contributed by atoms with Gasteiger partial charge in [0.25, 0.3) is 5.91 Å². The maximum atomic E-state index is 12.3. The highest BCUT2D eigenvalue weighted by atomic mass is 35.5. The third-order valence-electron chi connectivity index (χ3n) is 2.98. The molecule has 0 saturated heterocycles. The zero-order valence-electron chi connectivity index (χ0n) is 12.9. The lowest BCUT2D eigenvalue weighted by Gasteiger charge is -2.09. The molecule has 0 heterocycles. The third-order valence-corrected chi connectivity index (χ3v) is 3.20. The molecular weight excluding hydrogens is 316 g/mol. The van der Waals surface area contributed by atoms with Gasteiger partial charge in [0.15, 0.2) is 0 Å². The summed E-state index contributed by atoms with van der Waals surface area (Å²) >= 11 is 5.97. The number of methoxy groups -OCH3 is 1. The van der Waals surface area contributed by atoms with Crippen molar-refractivity contribution in [2.45, 2.75) is 6.92 Å². The molecule has 0 aliphatic carbocycles. The summed E-state index contributed by atoms with van der Waals surface area (Å²) in [7, 11) is 1.45. The molecule has 6 heteroatoms. The number of hydrogen-bond donors (Lipinski definition) is 2. The second-order valence-corrected chi connectivity index (χ2v) is 5.47. The number of carbonyl (C=O) groups excluding carboxylic acids is 2. The van der Waals surface area contributed by atoms with Gasteiger partial charge >= 0.3 is 0 Å². The SMILES string of the molecule is COCC(=O)Nc1cccc(NC(=O)c2cc(C)cc(Cl)c2)c1. The fourth-order valence-electron chi connectivity index (χ4n) is 2.07. The van der Waals surface area contributed by atoms with E-state index in [9.17, 15) is 9.59 Å². The fraction of sp³-hybridized carbons (Fsp3) is 0.176. The number of benzene rings is 2. The topological polar surface area (TPSA) is 67.4 Å². The molecule has 2 aromatic carbocycles. The standard InChI is InChI=1S/C17H17ClN2O3/c1-11-6-12(8-13(18)7-11)17(22)20-15-5-3-4-14(9-15)19-16(21)10-23-2/h3-9H,10H2,1-2H3,(H,19,21)(H,20,22). The lowest BCUT2D eigenvalue weighted by molar-refractivity contribution is -0.119. The van der Waals surface area contributed by atoms with Crippen molar-refractivity contribution in [2.75, 3.05) is 24.4 Å². The Morgan fingerprint density at radius 1 is 1.09 bits per heavy atom. The van der Waals surface area contributed by atoms with Gasteiger partial charge in [-0.05, 0) is 48.9 Å². The van der Waals surface area contributed by atoms with Crippen molar-refractivity contribution in [3.63, 3.8) is 0 Å². The number of rotatable bonds is 5. The quantitative estimate of drug-likeness (QED) is 0.880. The van der Waals surface area contributed by atoms with Crippen LogP contribution in [0.1, 0.15) is 15.9 Å². The summed E-state index contributed by atoms with van der Waals surface area (Å²) in [4.78, 5) is 23.8. The van der Waals surface area contributed by atoms with Crippen LogP contribution in [0.5, 0.6) is 0 Å². The normalized spacial score (nSPS) is 10.2. The predicted octanol–water partition coefficient (Wildman–Crippen LogP) is 3.49. The summed E-state index contributed by atoms with van der Waals surface area (Å²) in [6, 6.07) is 12.0. The number of halogens is 1. The van der Waals surface area contributed by atoms with Gasteiger partial charge in [0.2, 0.25) is 5.91 Å². The van der Waals surface area contributed by atoms with Crippen LogP contribution in [0, 0.1) is 6.92 Å². The van der Waals surface area contributed by atoms with Crippen molar-refractivity contribution in [3.05, 3.63) is 58.6 Å². The van der Waals surface area contributed by atoms with Gasteiger partial charge in [-0.15, -0.1) is 0 Å². The molecule has 2 N–H and O–H groups in total. The van der Waals surface area contributed by atoms with E-state index in [2.05, 4.69) is 10.6 Å². The van der Waals surface area contributed by atoms with Crippen molar-refractivity contribution < 1.29 is 14.3 Å². The first-order chi connectivity index (χ1) is 11.0. The molecule has 0 saturated carbocycles. The summed E-state index contributed by atoms with van der Waals surface area (Å²) in [5.74, 6) is -0.530. The second kappa shape index (κ2) is 7.76. The fourth-order valence-corrected chi connectivity index (χ4v) is 2.36. The molecule has 0 bridgehead atoms. The lowest BCUT2D eigenvalue weighted by Crippen LogP contribution is -2.17. The van der Waals surface area contributed by atoms with Gasteiger partial charge in [0.05, 0.1) is 0 Å². The average molecular weight is 333 g/mol. The Bertz CT molecular complexity index is 711. The van der Waals surface area contributed by atoms with Crippen LogP contribution in [0.15, 0.2) is 42.5 Å². The molecule has 0 radical (unpaired) electrons. The minimum absolute atomic E-state index is 0.0294. The van der Waals surface area contributed by atoms with Gasteiger partial charge in [-0.25, -0.2) is 0 Å². The van der Waals surface area contributed by atoms with Crippen molar-refractivity contribution >= 4 is 34.8 Å². The van der Waals surface area contributed by atoms with E-state index in [1.54, 1.807) is 42.5 Å². The predicted molar refractivity (Wildman–Crippen MR) is 91.1 cm³/mol. The Kier molecular flexibility index (Phi) is 5.73. The van der Waals surface area contributed by atoms with Crippen LogP contribution in [0.25, 0.3) is 0 Å². The van der Waals surface area contributed by atoms with E-state index in [1.165, 1.54) is 7.11 Å². The minimum atomic E-state index is -0.268. The van der Waals surface area contributed by atoms with Crippen LogP contribution in [0.2, 0.25) is 5.02 Å². The zero-order chi connectivity index (χ0) is 16.8. The van der Waals surface area contributed by atoms with E-state index in [-0.39, 0.29) is 18.4 Å². The van der Waals surface area contributed by atoms with Crippen molar-refractivity contribution in [2.24, 2.45) is 0 Å². The highest BCUT2D eigenvalue weighted by Gasteiger charge is 2.09. The van der Waals surface area contributed by atoms with E-state index in [0.717, 1.165) is 5.56 Å². The molecule has 5 nitrogen and oxygen atoms in total. The molecule has 2 aromatic rings. The van der Waals surface area contributed by atoms with E-state index in [4.69, 9.17) is 16.3 Å². The monoisotopic (exact) mass is 332 g/mol. The largest absolute Gasteiger partial charge is 0.375 e. The number of anilines is 2. The first kappa shape index (κ1) is 17.0. The third kappa shape index (κ3) is 5.09.